The van der Waals surface area contributed by atoms with Gasteiger partial charge in [-0.05, 0) is 19.4 Å². The predicted molar refractivity (Wildman–Crippen MR) is 96.2 cm³/mol. The molecule has 8 heteroatoms. The van der Waals surface area contributed by atoms with E-state index in [4.69, 9.17) is 0 Å². The first kappa shape index (κ1) is 15.4. The summed E-state index contributed by atoms with van der Waals surface area (Å²) in [5.74, 6) is 0.470. The number of aryl methyl sites for hydroxylation is 1. The minimum Gasteiger partial charge on any atom is -0.294 e. The summed E-state index contributed by atoms with van der Waals surface area (Å²) in [6.45, 7) is 4.06. The lowest BCUT2D eigenvalue weighted by Gasteiger charge is -2.21. The van der Waals surface area contributed by atoms with E-state index in [1.807, 2.05) is 44.2 Å². The van der Waals surface area contributed by atoms with Crippen molar-refractivity contribution in [2.24, 2.45) is 12.1 Å². The molecule has 2 aromatic heterocycles. The summed E-state index contributed by atoms with van der Waals surface area (Å²) >= 11 is 0. The molecule has 1 aliphatic rings. The van der Waals surface area contributed by atoms with Gasteiger partial charge in [0, 0.05) is 7.05 Å². The minimum absolute atomic E-state index is 0.114. The Hall–Kier alpha value is -3.16. The molecular weight excluding hydrogens is 320 g/mol. The highest BCUT2D eigenvalue weighted by molar-refractivity contribution is 5.90. The van der Waals surface area contributed by atoms with Crippen molar-refractivity contribution in [2.75, 3.05) is 5.43 Å². The molecular formula is C17H18N6O2. The van der Waals surface area contributed by atoms with Crippen LogP contribution in [0.15, 0.2) is 45.0 Å². The molecule has 4 rings (SSSR count). The van der Waals surface area contributed by atoms with Gasteiger partial charge in [0.15, 0.2) is 11.2 Å². The van der Waals surface area contributed by atoms with Gasteiger partial charge in [0.25, 0.3) is 5.56 Å². The molecule has 1 N–H and O–H groups in total. The van der Waals surface area contributed by atoms with Crippen LogP contribution in [0, 0.1) is 0 Å². The molecule has 1 atom stereocenters. The molecule has 0 radical (unpaired) electrons. The molecule has 8 nitrogen and oxygen atoms in total. The lowest BCUT2D eigenvalue weighted by atomic mass is 10.2. The van der Waals surface area contributed by atoms with Gasteiger partial charge in [-0.1, -0.05) is 30.3 Å². The average molecular weight is 338 g/mol. The Balaban J connectivity index is 2.01. The summed E-state index contributed by atoms with van der Waals surface area (Å²) in [5, 5.41) is 4.21. The van der Waals surface area contributed by atoms with E-state index in [2.05, 4.69) is 15.5 Å². The van der Waals surface area contributed by atoms with Gasteiger partial charge in [-0.25, -0.2) is 10.2 Å². The molecule has 0 amide bonds. The second-order valence-corrected chi connectivity index (χ2v) is 6.24. The van der Waals surface area contributed by atoms with Crippen LogP contribution in [0.3, 0.4) is 0 Å². The van der Waals surface area contributed by atoms with Gasteiger partial charge in [0.05, 0.1) is 18.3 Å². The number of rotatable bonds is 2. The number of nitrogens with one attached hydrogen (secondary N) is 1. The monoisotopic (exact) mass is 338 g/mol. The molecule has 128 valence electrons. The van der Waals surface area contributed by atoms with Crippen molar-refractivity contribution in [3.63, 3.8) is 0 Å². The number of fused-ring (bicyclic) bond motifs is 3. The van der Waals surface area contributed by atoms with E-state index in [-0.39, 0.29) is 23.8 Å². The van der Waals surface area contributed by atoms with Crippen LogP contribution in [0.4, 0.5) is 5.95 Å². The first-order chi connectivity index (χ1) is 12.0. The Labute approximate surface area is 143 Å². The van der Waals surface area contributed by atoms with Gasteiger partial charge in [-0.3, -0.25) is 18.5 Å². The molecule has 0 saturated carbocycles. The fourth-order valence-electron chi connectivity index (χ4n) is 3.12. The molecule has 0 spiro atoms. The van der Waals surface area contributed by atoms with Crippen molar-refractivity contribution in [1.82, 2.24) is 18.7 Å². The normalized spacial score (nSPS) is 16.4. The van der Waals surface area contributed by atoms with Gasteiger partial charge in [0.1, 0.15) is 0 Å². The Morgan fingerprint density at radius 3 is 2.64 bits per heavy atom. The molecule has 1 aliphatic heterocycles. The van der Waals surface area contributed by atoms with E-state index in [1.54, 1.807) is 11.6 Å². The molecule has 0 saturated heterocycles. The number of hydrogen-bond donors (Lipinski definition) is 1. The molecule has 0 fully saturated rings. The molecule has 3 aromatic rings. The predicted octanol–water partition coefficient (Wildman–Crippen LogP) is 1.31. The summed E-state index contributed by atoms with van der Waals surface area (Å²) in [5.41, 5.74) is 4.62. The van der Waals surface area contributed by atoms with Gasteiger partial charge >= 0.3 is 5.69 Å². The highest BCUT2D eigenvalue weighted by Gasteiger charge is 2.26. The van der Waals surface area contributed by atoms with E-state index in [0.717, 1.165) is 11.3 Å². The highest BCUT2D eigenvalue weighted by Crippen LogP contribution is 2.25. The van der Waals surface area contributed by atoms with E-state index < -0.39 is 0 Å². The molecule has 0 aliphatic carbocycles. The third-order valence-corrected chi connectivity index (χ3v) is 4.68. The maximum atomic E-state index is 13.1. The van der Waals surface area contributed by atoms with E-state index in [9.17, 15) is 9.59 Å². The summed E-state index contributed by atoms with van der Waals surface area (Å²) in [7, 11) is 1.63. The van der Waals surface area contributed by atoms with Crippen LogP contribution < -0.4 is 16.7 Å². The highest BCUT2D eigenvalue weighted by atomic mass is 16.2. The smallest absolute Gasteiger partial charge is 0.294 e. The van der Waals surface area contributed by atoms with Crippen LogP contribution in [0.25, 0.3) is 11.2 Å². The van der Waals surface area contributed by atoms with Gasteiger partial charge in [-0.2, -0.15) is 10.1 Å². The van der Waals surface area contributed by atoms with Crippen molar-refractivity contribution in [1.29, 1.82) is 0 Å². The fraction of sp³-hybridized carbons (Fsp3) is 0.294. The molecule has 25 heavy (non-hydrogen) atoms. The number of aromatic nitrogens is 4. The van der Waals surface area contributed by atoms with Crippen LogP contribution in [0.2, 0.25) is 0 Å². The van der Waals surface area contributed by atoms with Crippen molar-refractivity contribution < 1.29 is 0 Å². The van der Waals surface area contributed by atoms with Crippen LogP contribution in [-0.4, -0.2) is 24.4 Å². The summed E-state index contributed by atoms with van der Waals surface area (Å²) in [4.78, 5) is 30.2. The number of hydrogen-bond acceptors (Lipinski definition) is 5. The molecule has 0 bridgehead atoms. The van der Waals surface area contributed by atoms with Crippen molar-refractivity contribution in [3.8, 4) is 0 Å². The van der Waals surface area contributed by atoms with Gasteiger partial charge in [-0.15, -0.1) is 0 Å². The second-order valence-electron chi connectivity index (χ2n) is 6.24. The van der Waals surface area contributed by atoms with Gasteiger partial charge < -0.3 is 0 Å². The number of nitrogens with zero attached hydrogens (tertiary/aromatic N) is 5. The van der Waals surface area contributed by atoms with E-state index >= 15 is 0 Å². The molecule has 3 heterocycles. The van der Waals surface area contributed by atoms with Crippen molar-refractivity contribution >= 4 is 22.8 Å². The summed E-state index contributed by atoms with van der Waals surface area (Å²) < 4.78 is 4.47. The Morgan fingerprint density at radius 1 is 1.20 bits per heavy atom. The lowest BCUT2D eigenvalue weighted by molar-refractivity contribution is 0.645. The van der Waals surface area contributed by atoms with Gasteiger partial charge in [0.2, 0.25) is 5.95 Å². The number of benzene rings is 1. The second kappa shape index (κ2) is 5.44. The number of anilines is 1. The van der Waals surface area contributed by atoms with Crippen LogP contribution >= 0.6 is 0 Å². The zero-order valence-electron chi connectivity index (χ0n) is 14.2. The first-order valence-electron chi connectivity index (χ1n) is 8.05. The zero-order valence-corrected chi connectivity index (χ0v) is 14.2. The largest absolute Gasteiger partial charge is 0.332 e. The van der Waals surface area contributed by atoms with Crippen molar-refractivity contribution in [3.05, 3.63) is 56.7 Å². The Morgan fingerprint density at radius 2 is 1.92 bits per heavy atom. The topological polar surface area (TPSA) is 86.2 Å². The molecule has 1 aromatic carbocycles. The van der Waals surface area contributed by atoms with E-state index in [0.29, 0.717) is 17.1 Å². The summed E-state index contributed by atoms with van der Waals surface area (Å²) in [6, 6.07) is 9.34. The zero-order chi connectivity index (χ0) is 17.7. The quantitative estimate of drug-likeness (QED) is 0.763. The summed E-state index contributed by atoms with van der Waals surface area (Å²) in [6.07, 6.45) is 0. The number of imidazole rings is 1. The maximum absolute atomic E-state index is 13.1. The van der Waals surface area contributed by atoms with Crippen LogP contribution in [0.5, 0.6) is 0 Å². The third kappa shape index (κ3) is 2.21. The SMILES string of the molecule is CC1=NNc2nc3c(c(=O)n(Cc4ccccc4)c(=O)n3C)n2[C@H]1C. The Kier molecular flexibility index (Phi) is 3.34. The number of hydrazone groups is 1. The first-order valence-corrected chi connectivity index (χ1v) is 8.05. The standard InChI is InChI=1S/C17H18N6O2/c1-10-11(2)23-13-14(18-16(23)20-19-10)21(3)17(25)22(15(13)24)9-12-7-5-4-6-8-12/h4-8,11H,9H2,1-3H3,(H,18,20)/t11-/m0/s1. The maximum Gasteiger partial charge on any atom is 0.332 e. The Bertz CT molecular complexity index is 1120. The van der Waals surface area contributed by atoms with Crippen LogP contribution in [-0.2, 0) is 13.6 Å². The third-order valence-electron chi connectivity index (χ3n) is 4.68. The average Bonchev–Trinajstić information content (AvgIpc) is 3.01. The van der Waals surface area contributed by atoms with Crippen molar-refractivity contribution in [2.45, 2.75) is 26.4 Å². The fourth-order valence-corrected chi connectivity index (χ4v) is 3.12. The van der Waals surface area contributed by atoms with E-state index in [1.165, 1.54) is 9.13 Å². The minimum atomic E-state index is -0.387. The lowest BCUT2D eigenvalue weighted by Crippen LogP contribution is -2.40. The molecule has 0 unspecified atom stereocenters. The van der Waals surface area contributed by atoms with Crippen LogP contribution in [0.1, 0.15) is 25.5 Å².